The largest absolute Gasteiger partial charge is 0.255 e. The van der Waals surface area contributed by atoms with Crippen LogP contribution in [0.4, 0.5) is 0 Å². The molecule has 2 aromatic heterocycles. The van der Waals surface area contributed by atoms with Crippen LogP contribution in [0.15, 0.2) is 36.5 Å². The van der Waals surface area contributed by atoms with Crippen LogP contribution < -0.4 is 0 Å². The predicted molar refractivity (Wildman–Crippen MR) is 59.4 cm³/mol. The molecule has 0 aromatic carbocycles. The minimum absolute atomic E-state index is 0.412. The molecule has 0 unspecified atom stereocenters. The second-order valence-corrected chi connectivity index (χ2v) is 3.71. The average molecular weight is 199 g/mol. The van der Waals surface area contributed by atoms with Gasteiger partial charge in [-0.3, -0.25) is 4.98 Å². The fraction of sp³-hybridized carbons (Fsp3) is 0.250. The van der Waals surface area contributed by atoms with Crippen LogP contribution in [0, 0.1) is 0 Å². The van der Waals surface area contributed by atoms with Crippen LogP contribution in [0.2, 0.25) is 0 Å². The van der Waals surface area contributed by atoms with E-state index in [1.54, 1.807) is 6.20 Å². The van der Waals surface area contributed by atoms with E-state index in [9.17, 15) is 0 Å². The molecule has 0 amide bonds. The van der Waals surface area contributed by atoms with E-state index in [-0.39, 0.29) is 0 Å². The zero-order chi connectivity index (χ0) is 10.7. The molecule has 2 rings (SSSR count). The molecule has 0 bridgehead atoms. The molecular formula is C12H13N3. The molecule has 3 heteroatoms. The van der Waals surface area contributed by atoms with Crippen LogP contribution in [0.25, 0.3) is 11.4 Å². The summed E-state index contributed by atoms with van der Waals surface area (Å²) < 4.78 is 0. The summed E-state index contributed by atoms with van der Waals surface area (Å²) in [6.45, 7) is 4.20. The molecule has 0 aliphatic carbocycles. The van der Waals surface area contributed by atoms with Crippen LogP contribution in [-0.2, 0) is 0 Å². The third-order valence-corrected chi connectivity index (χ3v) is 2.20. The molecule has 0 radical (unpaired) electrons. The van der Waals surface area contributed by atoms with Crippen molar-refractivity contribution in [3.05, 3.63) is 42.2 Å². The normalized spacial score (nSPS) is 10.6. The standard InChI is InChI=1S/C12H13N3/c1-9(2)10-6-7-12(15-14-10)11-5-3-4-8-13-11/h3-9H,1-2H3. The number of aromatic nitrogens is 3. The first-order valence-corrected chi connectivity index (χ1v) is 5.02. The summed E-state index contributed by atoms with van der Waals surface area (Å²) in [6.07, 6.45) is 1.76. The smallest absolute Gasteiger partial charge is 0.111 e. The van der Waals surface area contributed by atoms with Gasteiger partial charge in [0.25, 0.3) is 0 Å². The molecular weight excluding hydrogens is 186 g/mol. The molecule has 15 heavy (non-hydrogen) atoms. The Balaban J connectivity index is 2.32. The highest BCUT2D eigenvalue weighted by Gasteiger charge is 2.03. The number of pyridine rings is 1. The van der Waals surface area contributed by atoms with E-state index in [1.807, 2.05) is 30.3 Å². The minimum atomic E-state index is 0.412. The van der Waals surface area contributed by atoms with Crippen molar-refractivity contribution in [2.75, 3.05) is 0 Å². The van der Waals surface area contributed by atoms with Gasteiger partial charge in [-0.05, 0) is 30.2 Å². The Kier molecular flexibility index (Phi) is 2.72. The van der Waals surface area contributed by atoms with Crippen molar-refractivity contribution in [2.24, 2.45) is 0 Å². The van der Waals surface area contributed by atoms with E-state index < -0.39 is 0 Å². The first-order chi connectivity index (χ1) is 7.27. The van der Waals surface area contributed by atoms with Gasteiger partial charge in [0.1, 0.15) is 5.69 Å². The summed E-state index contributed by atoms with van der Waals surface area (Å²) >= 11 is 0. The maximum Gasteiger partial charge on any atom is 0.111 e. The molecule has 0 fully saturated rings. The molecule has 3 nitrogen and oxygen atoms in total. The summed E-state index contributed by atoms with van der Waals surface area (Å²) in [5, 5.41) is 8.32. The van der Waals surface area contributed by atoms with E-state index in [1.165, 1.54) is 0 Å². The van der Waals surface area contributed by atoms with Crippen LogP contribution >= 0.6 is 0 Å². The van der Waals surface area contributed by atoms with Gasteiger partial charge in [0.2, 0.25) is 0 Å². The number of hydrogen-bond donors (Lipinski definition) is 0. The fourth-order valence-corrected chi connectivity index (χ4v) is 1.30. The Bertz CT molecular complexity index is 420. The average Bonchev–Trinajstić information content (AvgIpc) is 2.30. The summed E-state index contributed by atoms with van der Waals surface area (Å²) in [6, 6.07) is 9.73. The lowest BCUT2D eigenvalue weighted by molar-refractivity contribution is 0.786. The highest BCUT2D eigenvalue weighted by atomic mass is 15.1. The van der Waals surface area contributed by atoms with E-state index in [0.717, 1.165) is 17.1 Å². The first kappa shape index (κ1) is 9.77. The van der Waals surface area contributed by atoms with Crippen LogP contribution in [0.3, 0.4) is 0 Å². The summed E-state index contributed by atoms with van der Waals surface area (Å²) in [5.74, 6) is 0.412. The van der Waals surface area contributed by atoms with Crippen molar-refractivity contribution in [1.82, 2.24) is 15.2 Å². The van der Waals surface area contributed by atoms with Crippen LogP contribution in [-0.4, -0.2) is 15.2 Å². The van der Waals surface area contributed by atoms with Crippen molar-refractivity contribution >= 4 is 0 Å². The van der Waals surface area contributed by atoms with E-state index in [0.29, 0.717) is 5.92 Å². The van der Waals surface area contributed by atoms with Gasteiger partial charge in [0.15, 0.2) is 0 Å². The first-order valence-electron chi connectivity index (χ1n) is 5.02. The summed E-state index contributed by atoms with van der Waals surface area (Å²) in [5.41, 5.74) is 2.69. The highest BCUT2D eigenvalue weighted by molar-refractivity contribution is 5.52. The zero-order valence-corrected chi connectivity index (χ0v) is 8.88. The van der Waals surface area contributed by atoms with Gasteiger partial charge < -0.3 is 0 Å². The van der Waals surface area contributed by atoms with Gasteiger partial charge in [-0.15, -0.1) is 5.10 Å². The lowest BCUT2D eigenvalue weighted by Gasteiger charge is -2.03. The monoisotopic (exact) mass is 199 g/mol. The molecule has 0 saturated heterocycles. The second-order valence-electron chi connectivity index (χ2n) is 3.71. The summed E-state index contributed by atoms with van der Waals surface area (Å²) in [4.78, 5) is 4.22. The molecule has 0 aliphatic heterocycles. The van der Waals surface area contributed by atoms with Gasteiger partial charge in [0, 0.05) is 6.20 Å². The maximum absolute atomic E-state index is 4.22. The molecule has 2 aromatic rings. The Morgan fingerprint density at radius 1 is 0.933 bits per heavy atom. The van der Waals surface area contributed by atoms with E-state index in [2.05, 4.69) is 29.0 Å². The Morgan fingerprint density at radius 2 is 1.80 bits per heavy atom. The van der Waals surface area contributed by atoms with Crippen LogP contribution in [0.1, 0.15) is 25.5 Å². The number of nitrogens with zero attached hydrogens (tertiary/aromatic N) is 3. The van der Waals surface area contributed by atoms with E-state index >= 15 is 0 Å². The number of rotatable bonds is 2. The van der Waals surface area contributed by atoms with Gasteiger partial charge in [-0.25, -0.2) is 0 Å². The van der Waals surface area contributed by atoms with Crippen molar-refractivity contribution < 1.29 is 0 Å². The molecule has 0 atom stereocenters. The lowest BCUT2D eigenvalue weighted by Crippen LogP contribution is -1.96. The fourth-order valence-electron chi connectivity index (χ4n) is 1.30. The number of hydrogen-bond acceptors (Lipinski definition) is 3. The van der Waals surface area contributed by atoms with Gasteiger partial charge in [-0.1, -0.05) is 19.9 Å². The maximum atomic E-state index is 4.22. The Hall–Kier alpha value is -1.77. The zero-order valence-electron chi connectivity index (χ0n) is 8.88. The quantitative estimate of drug-likeness (QED) is 0.746. The van der Waals surface area contributed by atoms with Crippen molar-refractivity contribution in [1.29, 1.82) is 0 Å². The second kappa shape index (κ2) is 4.17. The third kappa shape index (κ3) is 2.18. The third-order valence-electron chi connectivity index (χ3n) is 2.20. The molecule has 0 saturated carbocycles. The highest BCUT2D eigenvalue weighted by Crippen LogP contribution is 2.15. The van der Waals surface area contributed by atoms with Crippen molar-refractivity contribution in [3.8, 4) is 11.4 Å². The summed E-state index contributed by atoms with van der Waals surface area (Å²) in [7, 11) is 0. The predicted octanol–water partition coefficient (Wildman–Crippen LogP) is 2.66. The Labute approximate surface area is 89.2 Å². The van der Waals surface area contributed by atoms with Crippen LogP contribution in [0.5, 0.6) is 0 Å². The SMILES string of the molecule is CC(C)c1ccc(-c2ccccn2)nn1. The van der Waals surface area contributed by atoms with Crippen molar-refractivity contribution in [2.45, 2.75) is 19.8 Å². The van der Waals surface area contributed by atoms with Gasteiger partial charge in [0.05, 0.1) is 11.4 Å². The lowest BCUT2D eigenvalue weighted by atomic mass is 10.1. The Morgan fingerprint density at radius 3 is 2.33 bits per heavy atom. The molecule has 0 spiro atoms. The minimum Gasteiger partial charge on any atom is -0.255 e. The molecule has 0 N–H and O–H groups in total. The molecule has 0 aliphatic rings. The van der Waals surface area contributed by atoms with Gasteiger partial charge >= 0.3 is 0 Å². The molecule has 76 valence electrons. The molecule has 2 heterocycles. The topological polar surface area (TPSA) is 38.7 Å². The van der Waals surface area contributed by atoms with E-state index in [4.69, 9.17) is 0 Å². The van der Waals surface area contributed by atoms with Gasteiger partial charge in [-0.2, -0.15) is 5.10 Å². The van der Waals surface area contributed by atoms with Crippen molar-refractivity contribution in [3.63, 3.8) is 0 Å².